The first-order valence-corrected chi connectivity index (χ1v) is 9.01. The highest BCUT2D eigenvalue weighted by Gasteiger charge is 2.13. The van der Waals surface area contributed by atoms with Crippen molar-refractivity contribution in [3.63, 3.8) is 0 Å². The van der Waals surface area contributed by atoms with E-state index in [0.29, 0.717) is 24.9 Å². The number of rotatable bonds is 6. The first-order valence-electron chi connectivity index (χ1n) is 8.07. The van der Waals surface area contributed by atoms with Crippen molar-refractivity contribution < 1.29 is 9.59 Å². The van der Waals surface area contributed by atoms with Gasteiger partial charge < -0.3 is 10.6 Å². The van der Waals surface area contributed by atoms with Crippen molar-refractivity contribution >= 4 is 28.8 Å². The van der Waals surface area contributed by atoms with E-state index in [9.17, 15) is 9.59 Å². The number of hydrogen-bond acceptors (Lipinski definition) is 3. The molecule has 0 spiro atoms. The summed E-state index contributed by atoms with van der Waals surface area (Å²) in [4.78, 5) is 23.7. The van der Waals surface area contributed by atoms with Crippen molar-refractivity contribution in [2.24, 2.45) is 0 Å². The van der Waals surface area contributed by atoms with E-state index in [1.807, 2.05) is 35.0 Å². The van der Waals surface area contributed by atoms with Gasteiger partial charge in [-0.25, -0.2) is 0 Å². The average molecular weight is 344 g/mol. The van der Waals surface area contributed by atoms with Crippen LogP contribution in [-0.2, 0) is 10.2 Å². The molecule has 0 aliphatic carbocycles. The standard InChI is InChI=1S/C19H24N2O2S/c1-19(2,3)15-6-8-16(9-7-15)21-17(22)5-4-11-20-18(23)14-10-12-24-13-14/h6-10,12-13H,4-5,11H2,1-3H3,(H,20,23)(H,21,22). The SMILES string of the molecule is CC(C)(C)c1ccc(NC(=O)CCCNC(=O)c2ccsc2)cc1. The number of anilines is 1. The fourth-order valence-electron chi connectivity index (χ4n) is 2.22. The van der Waals surface area contributed by atoms with Gasteiger partial charge in [-0.2, -0.15) is 11.3 Å². The van der Waals surface area contributed by atoms with E-state index in [1.54, 1.807) is 6.07 Å². The Hall–Kier alpha value is -2.14. The third-order valence-corrected chi connectivity index (χ3v) is 4.37. The van der Waals surface area contributed by atoms with E-state index in [2.05, 4.69) is 31.4 Å². The summed E-state index contributed by atoms with van der Waals surface area (Å²) >= 11 is 1.49. The highest BCUT2D eigenvalue weighted by molar-refractivity contribution is 7.08. The normalized spacial score (nSPS) is 11.1. The van der Waals surface area contributed by atoms with Crippen molar-refractivity contribution in [3.8, 4) is 0 Å². The molecule has 1 heterocycles. The van der Waals surface area contributed by atoms with Gasteiger partial charge in [-0.15, -0.1) is 0 Å². The van der Waals surface area contributed by atoms with Crippen LogP contribution in [0.1, 0.15) is 49.5 Å². The Balaban J connectivity index is 1.70. The zero-order valence-electron chi connectivity index (χ0n) is 14.4. The summed E-state index contributed by atoms with van der Waals surface area (Å²) in [6, 6.07) is 9.72. The van der Waals surface area contributed by atoms with Gasteiger partial charge in [0.1, 0.15) is 0 Å². The number of carbonyl (C=O) groups excluding carboxylic acids is 2. The molecule has 0 atom stereocenters. The third-order valence-electron chi connectivity index (χ3n) is 3.68. The number of nitrogens with one attached hydrogen (secondary N) is 2. The van der Waals surface area contributed by atoms with Crippen molar-refractivity contribution in [1.29, 1.82) is 0 Å². The van der Waals surface area contributed by atoms with Gasteiger partial charge in [-0.1, -0.05) is 32.9 Å². The van der Waals surface area contributed by atoms with E-state index >= 15 is 0 Å². The lowest BCUT2D eigenvalue weighted by Crippen LogP contribution is -2.25. The second kappa shape index (κ2) is 8.11. The van der Waals surface area contributed by atoms with Crippen LogP contribution in [0.25, 0.3) is 0 Å². The highest BCUT2D eigenvalue weighted by Crippen LogP contribution is 2.23. The van der Waals surface area contributed by atoms with E-state index in [-0.39, 0.29) is 17.2 Å². The number of amides is 2. The van der Waals surface area contributed by atoms with Gasteiger partial charge >= 0.3 is 0 Å². The Bertz CT molecular complexity index is 670. The second-order valence-corrected chi connectivity index (χ2v) is 7.53. The van der Waals surface area contributed by atoms with Crippen LogP contribution in [0.15, 0.2) is 41.1 Å². The number of benzene rings is 1. The van der Waals surface area contributed by atoms with Crippen LogP contribution in [0.2, 0.25) is 0 Å². The fraction of sp³-hybridized carbons (Fsp3) is 0.368. The van der Waals surface area contributed by atoms with Crippen LogP contribution >= 0.6 is 11.3 Å². The van der Waals surface area contributed by atoms with Gasteiger partial charge in [0.2, 0.25) is 5.91 Å². The number of hydrogen-bond donors (Lipinski definition) is 2. The first kappa shape index (κ1) is 18.2. The maximum atomic E-state index is 11.9. The van der Waals surface area contributed by atoms with Crippen molar-refractivity contribution in [2.75, 3.05) is 11.9 Å². The largest absolute Gasteiger partial charge is 0.352 e. The molecular formula is C19H24N2O2S. The van der Waals surface area contributed by atoms with Crippen LogP contribution in [0.4, 0.5) is 5.69 Å². The van der Waals surface area contributed by atoms with Crippen molar-refractivity contribution in [2.45, 2.75) is 39.0 Å². The monoisotopic (exact) mass is 344 g/mol. The van der Waals surface area contributed by atoms with Crippen LogP contribution in [0.3, 0.4) is 0 Å². The second-order valence-electron chi connectivity index (χ2n) is 6.75. The molecule has 0 radical (unpaired) electrons. The molecule has 0 saturated heterocycles. The Morgan fingerprint density at radius 1 is 1.08 bits per heavy atom. The molecule has 2 aromatic rings. The molecule has 0 aliphatic heterocycles. The zero-order valence-corrected chi connectivity index (χ0v) is 15.2. The molecule has 24 heavy (non-hydrogen) atoms. The van der Waals surface area contributed by atoms with E-state index in [1.165, 1.54) is 16.9 Å². The van der Waals surface area contributed by atoms with Gasteiger partial charge in [0, 0.05) is 29.6 Å². The smallest absolute Gasteiger partial charge is 0.252 e. The average Bonchev–Trinajstić information content (AvgIpc) is 3.05. The van der Waals surface area contributed by atoms with Crippen LogP contribution in [0.5, 0.6) is 0 Å². The van der Waals surface area contributed by atoms with Gasteiger partial charge in [-0.3, -0.25) is 9.59 Å². The summed E-state index contributed by atoms with van der Waals surface area (Å²) in [6.45, 7) is 6.96. The Morgan fingerprint density at radius 3 is 2.38 bits per heavy atom. The molecule has 1 aromatic heterocycles. The summed E-state index contributed by atoms with van der Waals surface area (Å²) in [6.07, 6.45) is 0.993. The predicted molar refractivity (Wildman–Crippen MR) is 99.7 cm³/mol. The quantitative estimate of drug-likeness (QED) is 0.772. The lowest BCUT2D eigenvalue weighted by Gasteiger charge is -2.19. The molecule has 1 aromatic carbocycles. The lowest BCUT2D eigenvalue weighted by atomic mass is 9.87. The minimum Gasteiger partial charge on any atom is -0.352 e. The minimum atomic E-state index is -0.0885. The Kier molecular flexibility index (Phi) is 6.15. The third kappa shape index (κ3) is 5.49. The molecule has 2 rings (SSSR count). The number of carbonyl (C=O) groups is 2. The molecule has 0 bridgehead atoms. The summed E-state index contributed by atoms with van der Waals surface area (Å²) in [5.41, 5.74) is 2.80. The van der Waals surface area contributed by atoms with E-state index in [4.69, 9.17) is 0 Å². The van der Waals surface area contributed by atoms with Crippen LogP contribution in [-0.4, -0.2) is 18.4 Å². The molecule has 2 N–H and O–H groups in total. The highest BCUT2D eigenvalue weighted by atomic mass is 32.1. The first-order chi connectivity index (χ1) is 11.4. The van der Waals surface area contributed by atoms with Crippen molar-refractivity contribution in [1.82, 2.24) is 5.32 Å². The molecule has 0 saturated carbocycles. The molecule has 5 heteroatoms. The van der Waals surface area contributed by atoms with Gasteiger partial charge in [0.15, 0.2) is 0 Å². The topological polar surface area (TPSA) is 58.2 Å². The maximum Gasteiger partial charge on any atom is 0.252 e. The molecular weight excluding hydrogens is 320 g/mol. The Labute approximate surface area is 147 Å². The lowest BCUT2D eigenvalue weighted by molar-refractivity contribution is -0.116. The van der Waals surface area contributed by atoms with Crippen LogP contribution in [0, 0.1) is 0 Å². The minimum absolute atomic E-state index is 0.0386. The fourth-order valence-corrected chi connectivity index (χ4v) is 2.86. The zero-order chi connectivity index (χ0) is 17.6. The van der Waals surface area contributed by atoms with E-state index in [0.717, 1.165) is 5.69 Å². The summed E-state index contributed by atoms with van der Waals surface area (Å²) in [5, 5.41) is 9.38. The molecule has 0 aliphatic rings. The van der Waals surface area contributed by atoms with E-state index < -0.39 is 0 Å². The Morgan fingerprint density at radius 2 is 1.79 bits per heavy atom. The molecule has 128 valence electrons. The summed E-state index contributed by atoms with van der Waals surface area (Å²) in [5.74, 6) is -0.127. The van der Waals surface area contributed by atoms with Crippen molar-refractivity contribution in [3.05, 3.63) is 52.2 Å². The van der Waals surface area contributed by atoms with Crippen LogP contribution < -0.4 is 10.6 Å². The predicted octanol–water partition coefficient (Wildman–Crippen LogP) is 4.19. The molecule has 0 fully saturated rings. The number of thiophene rings is 1. The van der Waals surface area contributed by atoms with Gasteiger partial charge in [-0.05, 0) is 41.0 Å². The summed E-state index contributed by atoms with van der Waals surface area (Å²) in [7, 11) is 0. The molecule has 2 amide bonds. The maximum absolute atomic E-state index is 11.9. The van der Waals surface area contributed by atoms with Gasteiger partial charge in [0.05, 0.1) is 0 Å². The summed E-state index contributed by atoms with van der Waals surface area (Å²) < 4.78 is 0. The van der Waals surface area contributed by atoms with Gasteiger partial charge in [0.25, 0.3) is 5.91 Å². The molecule has 4 nitrogen and oxygen atoms in total. The molecule has 0 unspecified atom stereocenters.